The Morgan fingerprint density at radius 2 is 2.00 bits per heavy atom. The summed E-state index contributed by atoms with van der Waals surface area (Å²) in [6.07, 6.45) is 0.511. The van der Waals surface area contributed by atoms with E-state index >= 15 is 0 Å². The molecule has 0 bridgehead atoms. The molecule has 2 rings (SSSR count). The van der Waals surface area contributed by atoms with Crippen LogP contribution in [0.1, 0.15) is 16.8 Å². The Hall–Kier alpha value is -0.960. The molecule has 1 aliphatic heterocycles. The summed E-state index contributed by atoms with van der Waals surface area (Å²) in [5.74, 6) is 0.913. The topological polar surface area (TPSA) is 26.3 Å². The van der Waals surface area contributed by atoms with Crippen LogP contribution in [0.2, 0.25) is 0 Å². The Labute approximate surface area is 78.0 Å². The maximum atomic E-state index is 11.2. The molecule has 0 aromatic heterocycles. The van der Waals surface area contributed by atoms with Crippen molar-refractivity contribution in [1.82, 2.24) is 0 Å². The van der Waals surface area contributed by atoms with Gasteiger partial charge in [0.15, 0.2) is 5.78 Å². The van der Waals surface area contributed by atoms with Crippen molar-refractivity contribution in [2.45, 2.75) is 6.42 Å². The van der Waals surface area contributed by atoms with Gasteiger partial charge < -0.3 is 4.74 Å². The van der Waals surface area contributed by atoms with Crippen molar-refractivity contribution in [2.75, 3.05) is 6.61 Å². The smallest absolute Gasteiger partial charge is 0.169 e. The first kappa shape index (κ1) is 9.13. The largest absolute Gasteiger partial charge is 0.492 e. The number of para-hydroxylation sites is 1. The molecule has 0 saturated carbocycles. The van der Waals surface area contributed by atoms with E-state index in [0.717, 1.165) is 11.3 Å². The summed E-state index contributed by atoms with van der Waals surface area (Å²) in [5.41, 5.74) is 0.721. The number of hydrogen-bond donors (Lipinski definition) is 0. The van der Waals surface area contributed by atoms with E-state index in [0.29, 0.717) is 13.0 Å². The first-order valence-corrected chi connectivity index (χ1v) is 3.63. The Morgan fingerprint density at radius 3 is 2.75 bits per heavy atom. The number of carbonyl (C=O) groups is 1. The molecule has 1 heterocycles. The van der Waals surface area contributed by atoms with Crippen molar-refractivity contribution >= 4 is 19.3 Å². The number of carbonyl (C=O) groups excluding carboxylic acids is 1. The molecule has 0 saturated heterocycles. The van der Waals surface area contributed by atoms with Crippen LogP contribution in [0.3, 0.4) is 0 Å². The van der Waals surface area contributed by atoms with Gasteiger partial charge in [-0.15, -0.1) is 0 Å². The second kappa shape index (κ2) is 3.63. The minimum Gasteiger partial charge on any atom is -0.492 e. The number of fused-ring (bicyclic) bond motifs is 1. The fourth-order valence-corrected chi connectivity index (χ4v) is 1.21. The summed E-state index contributed by atoms with van der Waals surface area (Å²) in [6.45, 7) is 0.524. The van der Waals surface area contributed by atoms with Crippen LogP contribution in [0.15, 0.2) is 24.3 Å². The highest BCUT2D eigenvalue weighted by Gasteiger charge is 2.16. The molecule has 0 amide bonds. The predicted octanol–water partition coefficient (Wildman–Crippen LogP) is 1.76. The summed E-state index contributed by atoms with van der Waals surface area (Å²) in [7, 11) is 0. The first-order chi connectivity index (χ1) is 5.38. The first-order valence-electron chi connectivity index (χ1n) is 3.63. The van der Waals surface area contributed by atoms with Crippen LogP contribution in [-0.2, 0) is 0 Å². The Morgan fingerprint density at radius 1 is 1.25 bits per heavy atom. The van der Waals surface area contributed by atoms with Gasteiger partial charge in [-0.1, -0.05) is 12.1 Å². The molecule has 0 aliphatic carbocycles. The fourth-order valence-electron chi connectivity index (χ4n) is 1.21. The summed E-state index contributed by atoms with van der Waals surface area (Å²) in [6, 6.07) is 7.35. The molecule has 0 radical (unpaired) electrons. The molecular weight excluding hydrogens is 172 g/mol. The van der Waals surface area contributed by atoms with Crippen LogP contribution in [0.5, 0.6) is 5.75 Å². The standard InChI is InChI=1S/C9H8O2.H2S/c10-8-5-6-11-9-4-2-1-3-7(8)9;/h1-4H,5-6H2;1H2. The molecule has 12 heavy (non-hydrogen) atoms. The lowest BCUT2D eigenvalue weighted by Gasteiger charge is -2.14. The van der Waals surface area contributed by atoms with E-state index < -0.39 is 0 Å². The van der Waals surface area contributed by atoms with E-state index in [9.17, 15) is 4.79 Å². The van der Waals surface area contributed by atoms with Crippen LogP contribution in [-0.4, -0.2) is 12.4 Å². The van der Waals surface area contributed by atoms with Crippen molar-refractivity contribution in [1.29, 1.82) is 0 Å². The monoisotopic (exact) mass is 182 g/mol. The zero-order valence-corrected chi connectivity index (χ0v) is 7.54. The Kier molecular flexibility index (Phi) is 2.76. The maximum Gasteiger partial charge on any atom is 0.169 e. The number of rotatable bonds is 0. The SMILES string of the molecule is O=C1CCOc2ccccc21.S. The van der Waals surface area contributed by atoms with Gasteiger partial charge in [-0.05, 0) is 12.1 Å². The van der Waals surface area contributed by atoms with Crippen molar-refractivity contribution < 1.29 is 9.53 Å². The van der Waals surface area contributed by atoms with E-state index in [-0.39, 0.29) is 19.3 Å². The van der Waals surface area contributed by atoms with Gasteiger partial charge in [-0.2, -0.15) is 13.5 Å². The summed E-state index contributed by atoms with van der Waals surface area (Å²) in [4.78, 5) is 11.2. The average molecular weight is 182 g/mol. The molecule has 64 valence electrons. The second-order valence-electron chi connectivity index (χ2n) is 2.52. The maximum absolute atomic E-state index is 11.2. The Balaban J connectivity index is 0.000000720. The Bertz CT molecular complexity index is 296. The number of Topliss-reactive ketones (excluding diaryl/α,β-unsaturated/α-hetero) is 1. The van der Waals surface area contributed by atoms with Gasteiger partial charge in [-0.25, -0.2) is 0 Å². The highest BCUT2D eigenvalue weighted by atomic mass is 32.1. The van der Waals surface area contributed by atoms with E-state index in [1.165, 1.54) is 0 Å². The third kappa shape index (κ3) is 1.46. The van der Waals surface area contributed by atoms with Crippen LogP contribution in [0.4, 0.5) is 0 Å². The molecule has 3 heteroatoms. The third-order valence-corrected chi connectivity index (χ3v) is 1.77. The van der Waals surface area contributed by atoms with E-state index in [1.54, 1.807) is 6.07 Å². The average Bonchev–Trinajstić information content (AvgIpc) is 2.06. The second-order valence-corrected chi connectivity index (χ2v) is 2.52. The molecule has 1 aromatic carbocycles. The summed E-state index contributed by atoms with van der Waals surface area (Å²) >= 11 is 0. The van der Waals surface area contributed by atoms with Crippen LogP contribution in [0.25, 0.3) is 0 Å². The van der Waals surface area contributed by atoms with E-state index in [2.05, 4.69) is 0 Å². The summed E-state index contributed by atoms with van der Waals surface area (Å²) < 4.78 is 5.27. The van der Waals surface area contributed by atoms with E-state index in [4.69, 9.17) is 4.74 Å². The zero-order chi connectivity index (χ0) is 7.68. The van der Waals surface area contributed by atoms with Gasteiger partial charge in [0.25, 0.3) is 0 Å². The van der Waals surface area contributed by atoms with Crippen molar-refractivity contribution in [3.63, 3.8) is 0 Å². The number of benzene rings is 1. The molecule has 0 spiro atoms. The van der Waals surface area contributed by atoms with Gasteiger partial charge in [-0.3, -0.25) is 4.79 Å². The van der Waals surface area contributed by atoms with Crippen LogP contribution in [0, 0.1) is 0 Å². The number of hydrogen-bond acceptors (Lipinski definition) is 2. The van der Waals surface area contributed by atoms with Gasteiger partial charge in [0.2, 0.25) is 0 Å². The lowest BCUT2D eigenvalue weighted by atomic mass is 10.1. The lowest BCUT2D eigenvalue weighted by molar-refractivity contribution is 0.0933. The van der Waals surface area contributed by atoms with Gasteiger partial charge in [0, 0.05) is 6.42 Å². The lowest BCUT2D eigenvalue weighted by Crippen LogP contribution is -2.14. The normalized spacial score (nSPS) is 14.2. The highest BCUT2D eigenvalue weighted by molar-refractivity contribution is 7.59. The van der Waals surface area contributed by atoms with Crippen LogP contribution < -0.4 is 4.74 Å². The molecule has 1 aliphatic rings. The van der Waals surface area contributed by atoms with Crippen molar-refractivity contribution in [3.8, 4) is 5.75 Å². The van der Waals surface area contributed by atoms with Crippen molar-refractivity contribution in [3.05, 3.63) is 29.8 Å². The highest BCUT2D eigenvalue weighted by Crippen LogP contribution is 2.23. The minimum atomic E-state index is 0. The van der Waals surface area contributed by atoms with Gasteiger partial charge >= 0.3 is 0 Å². The molecule has 2 nitrogen and oxygen atoms in total. The number of ketones is 1. The molecule has 0 N–H and O–H groups in total. The fraction of sp³-hybridized carbons (Fsp3) is 0.222. The third-order valence-electron chi connectivity index (χ3n) is 1.77. The van der Waals surface area contributed by atoms with Crippen LogP contribution >= 0.6 is 13.5 Å². The van der Waals surface area contributed by atoms with Gasteiger partial charge in [0.05, 0.1) is 12.2 Å². The molecule has 0 atom stereocenters. The van der Waals surface area contributed by atoms with Crippen molar-refractivity contribution in [2.24, 2.45) is 0 Å². The zero-order valence-electron chi connectivity index (χ0n) is 6.54. The number of ether oxygens (including phenoxy) is 1. The molecule has 1 aromatic rings. The predicted molar refractivity (Wildman–Crippen MR) is 51.3 cm³/mol. The molecule has 0 unspecified atom stereocenters. The molecule has 0 fully saturated rings. The molecular formula is C9H10O2S. The quantitative estimate of drug-likeness (QED) is 0.611. The summed E-state index contributed by atoms with van der Waals surface area (Å²) in [5, 5.41) is 0. The van der Waals surface area contributed by atoms with E-state index in [1.807, 2.05) is 18.2 Å². The minimum absolute atomic E-state index is 0. The van der Waals surface area contributed by atoms with Gasteiger partial charge in [0.1, 0.15) is 5.75 Å².